The molecule has 5 nitrogen and oxygen atoms in total. The van der Waals surface area contributed by atoms with Gasteiger partial charge in [-0.1, -0.05) is 194 Å². The summed E-state index contributed by atoms with van der Waals surface area (Å²) in [5, 5.41) is 2.37. The molecular weight excluding hydrogens is 707 g/mol. The Labute approximate surface area is 337 Å². The second-order valence-corrected chi connectivity index (χ2v) is 14.5. The summed E-state index contributed by atoms with van der Waals surface area (Å²) >= 11 is 0. The Morgan fingerprint density at radius 1 is 0.362 bits per heavy atom. The van der Waals surface area contributed by atoms with Gasteiger partial charge in [-0.25, -0.2) is 24.9 Å². The van der Waals surface area contributed by atoms with Crippen molar-refractivity contribution in [2.45, 2.75) is 12.3 Å². The van der Waals surface area contributed by atoms with Crippen LogP contribution in [0.25, 0.3) is 89.8 Å². The Morgan fingerprint density at radius 2 is 0.879 bits per heavy atom. The van der Waals surface area contributed by atoms with E-state index < -0.39 is 0 Å². The summed E-state index contributed by atoms with van der Waals surface area (Å²) in [6.45, 7) is 0. The Hall–Kier alpha value is -7.63. The molecule has 0 saturated carbocycles. The van der Waals surface area contributed by atoms with E-state index in [0.29, 0.717) is 17.5 Å². The summed E-state index contributed by atoms with van der Waals surface area (Å²) < 4.78 is 0. The molecule has 0 bridgehead atoms. The van der Waals surface area contributed by atoms with E-state index in [0.717, 1.165) is 68.1 Å². The largest absolute Gasteiger partial charge is 0.232 e. The molecule has 0 N–H and O–H groups in total. The molecule has 9 aromatic rings. The van der Waals surface area contributed by atoms with E-state index in [2.05, 4.69) is 140 Å². The quantitative estimate of drug-likeness (QED) is 0.155. The van der Waals surface area contributed by atoms with Crippen molar-refractivity contribution in [1.29, 1.82) is 0 Å². The minimum Gasteiger partial charge on any atom is -0.232 e. The normalized spacial score (nSPS) is 13.5. The highest BCUT2D eigenvalue weighted by atomic mass is 15.0. The Bertz CT molecular complexity index is 2880. The first-order valence-corrected chi connectivity index (χ1v) is 19.6. The highest BCUT2D eigenvalue weighted by Crippen LogP contribution is 2.35. The molecule has 1 unspecified atom stereocenters. The highest BCUT2D eigenvalue weighted by Gasteiger charge is 2.17. The van der Waals surface area contributed by atoms with Crippen molar-refractivity contribution in [2.75, 3.05) is 0 Å². The fraction of sp³-hybridized carbons (Fsp3) is 0.0377. The fourth-order valence-corrected chi connectivity index (χ4v) is 7.61. The zero-order valence-corrected chi connectivity index (χ0v) is 31.7. The second kappa shape index (κ2) is 15.5. The monoisotopic (exact) mass is 743 g/mol. The first-order valence-electron chi connectivity index (χ1n) is 19.6. The number of rotatable bonds is 8. The van der Waals surface area contributed by atoms with E-state index in [1.165, 1.54) is 16.3 Å². The van der Waals surface area contributed by atoms with E-state index in [-0.39, 0.29) is 5.92 Å². The molecule has 5 heteroatoms. The van der Waals surface area contributed by atoms with Gasteiger partial charge in [-0.15, -0.1) is 0 Å². The predicted octanol–water partition coefficient (Wildman–Crippen LogP) is 13.1. The van der Waals surface area contributed by atoms with Gasteiger partial charge in [-0.05, 0) is 51.6 Å². The molecule has 1 aliphatic carbocycles. The fourth-order valence-electron chi connectivity index (χ4n) is 7.61. The van der Waals surface area contributed by atoms with Crippen LogP contribution in [0.5, 0.6) is 0 Å². The van der Waals surface area contributed by atoms with Gasteiger partial charge in [0.15, 0.2) is 23.3 Å². The number of benzene rings is 7. The van der Waals surface area contributed by atoms with Crippen molar-refractivity contribution >= 4 is 10.8 Å². The van der Waals surface area contributed by atoms with Gasteiger partial charge in [-0.3, -0.25) is 0 Å². The molecule has 10 rings (SSSR count). The molecule has 7 aromatic carbocycles. The first kappa shape index (κ1) is 34.8. The van der Waals surface area contributed by atoms with E-state index in [1.807, 2.05) is 66.7 Å². The van der Waals surface area contributed by atoms with Crippen LogP contribution >= 0.6 is 0 Å². The number of fused-ring (bicyclic) bond motifs is 1. The molecule has 274 valence electrons. The van der Waals surface area contributed by atoms with Crippen LogP contribution in [-0.4, -0.2) is 24.9 Å². The molecule has 2 heterocycles. The maximum atomic E-state index is 5.08. The maximum Gasteiger partial charge on any atom is 0.164 e. The molecule has 0 amide bonds. The molecular formula is C53H37N5. The van der Waals surface area contributed by atoms with Gasteiger partial charge in [0.1, 0.15) is 0 Å². The van der Waals surface area contributed by atoms with Crippen LogP contribution in [0.3, 0.4) is 0 Å². The molecule has 0 spiro atoms. The van der Waals surface area contributed by atoms with Gasteiger partial charge < -0.3 is 0 Å². The minimum atomic E-state index is 0.227. The number of hydrogen-bond donors (Lipinski definition) is 0. The van der Waals surface area contributed by atoms with Crippen LogP contribution < -0.4 is 0 Å². The van der Waals surface area contributed by atoms with Gasteiger partial charge in [0.05, 0.1) is 11.4 Å². The maximum absolute atomic E-state index is 5.08. The van der Waals surface area contributed by atoms with Crippen molar-refractivity contribution in [3.05, 3.63) is 212 Å². The molecule has 58 heavy (non-hydrogen) atoms. The average Bonchev–Trinajstić information content (AvgIpc) is 3.32. The highest BCUT2D eigenvalue weighted by molar-refractivity contribution is 5.99. The van der Waals surface area contributed by atoms with Crippen LogP contribution in [0.2, 0.25) is 0 Å². The van der Waals surface area contributed by atoms with Crippen molar-refractivity contribution in [2.24, 2.45) is 0 Å². The third kappa shape index (κ3) is 7.13. The summed E-state index contributed by atoms with van der Waals surface area (Å²) in [6, 6.07) is 63.0. The van der Waals surface area contributed by atoms with Crippen LogP contribution in [0.1, 0.15) is 18.0 Å². The standard InChI is InChI=1S/C53H37N5/c1-5-14-38(15-6-1)48-35-49(39-16-7-2-8-17-39)55-50(54-48)42-28-24-36(25-29-42)44-32-33-47-45(34-44)22-13-23-46(47)37-26-30-43(31-27-37)53-57-51(40-18-9-3-10-19-40)56-52(58-53)41-20-11-4-12-21-41/h1-16,18-35,39H,17H2. The molecule has 1 atom stereocenters. The minimum absolute atomic E-state index is 0.227. The van der Waals surface area contributed by atoms with Crippen LogP contribution in [0, 0.1) is 0 Å². The zero-order chi connectivity index (χ0) is 38.7. The summed E-state index contributed by atoms with van der Waals surface area (Å²) in [5.74, 6) is 2.91. The molecule has 0 fully saturated rings. The van der Waals surface area contributed by atoms with Crippen LogP contribution in [0.4, 0.5) is 0 Å². The third-order valence-corrected chi connectivity index (χ3v) is 10.7. The molecule has 0 aliphatic heterocycles. The second-order valence-electron chi connectivity index (χ2n) is 14.5. The van der Waals surface area contributed by atoms with Crippen LogP contribution in [-0.2, 0) is 0 Å². The van der Waals surface area contributed by atoms with Crippen LogP contribution in [0.15, 0.2) is 206 Å². The summed E-state index contributed by atoms with van der Waals surface area (Å²) in [4.78, 5) is 24.8. The average molecular weight is 744 g/mol. The van der Waals surface area contributed by atoms with Gasteiger partial charge in [-0.2, -0.15) is 0 Å². The Kier molecular flexibility index (Phi) is 9.30. The van der Waals surface area contributed by atoms with Gasteiger partial charge in [0.2, 0.25) is 0 Å². The van der Waals surface area contributed by atoms with Crippen molar-refractivity contribution in [3.8, 4) is 79.1 Å². The van der Waals surface area contributed by atoms with Gasteiger partial charge in [0, 0.05) is 33.7 Å². The Morgan fingerprint density at radius 3 is 1.47 bits per heavy atom. The SMILES string of the molecule is C1=CCC(c2cc(-c3ccccc3)nc(-c3ccc(-c4ccc5c(-c6ccc(-c7nc(-c8ccccc8)nc(-c8ccccc8)n7)cc6)cccc5c4)cc3)n2)C=C1. The van der Waals surface area contributed by atoms with Crippen molar-refractivity contribution in [1.82, 2.24) is 24.9 Å². The number of hydrogen-bond acceptors (Lipinski definition) is 5. The summed E-state index contributed by atoms with van der Waals surface area (Å²) in [7, 11) is 0. The number of nitrogens with zero attached hydrogens (tertiary/aromatic N) is 5. The lowest BCUT2D eigenvalue weighted by atomic mass is 9.94. The molecule has 0 radical (unpaired) electrons. The van der Waals surface area contributed by atoms with Crippen molar-refractivity contribution in [3.63, 3.8) is 0 Å². The smallest absolute Gasteiger partial charge is 0.164 e. The lowest BCUT2D eigenvalue weighted by Crippen LogP contribution is -2.04. The molecule has 1 aliphatic rings. The number of aromatic nitrogens is 5. The van der Waals surface area contributed by atoms with E-state index in [1.54, 1.807) is 0 Å². The lowest BCUT2D eigenvalue weighted by Gasteiger charge is -2.15. The zero-order valence-electron chi connectivity index (χ0n) is 31.7. The van der Waals surface area contributed by atoms with Gasteiger partial charge >= 0.3 is 0 Å². The summed E-state index contributed by atoms with van der Waals surface area (Å²) in [6.07, 6.45) is 9.57. The topological polar surface area (TPSA) is 64.5 Å². The summed E-state index contributed by atoms with van der Waals surface area (Å²) in [5.41, 5.74) is 11.5. The predicted molar refractivity (Wildman–Crippen MR) is 237 cm³/mol. The van der Waals surface area contributed by atoms with E-state index in [9.17, 15) is 0 Å². The number of allylic oxidation sites excluding steroid dienone is 4. The van der Waals surface area contributed by atoms with E-state index in [4.69, 9.17) is 24.9 Å². The lowest BCUT2D eigenvalue weighted by molar-refractivity contribution is 0.811. The Balaban J connectivity index is 0.940. The van der Waals surface area contributed by atoms with Crippen molar-refractivity contribution < 1.29 is 0 Å². The third-order valence-electron chi connectivity index (χ3n) is 10.7. The van der Waals surface area contributed by atoms with Gasteiger partial charge in [0.25, 0.3) is 0 Å². The molecule has 2 aromatic heterocycles. The molecule has 0 saturated heterocycles. The first-order chi connectivity index (χ1) is 28.7. The van der Waals surface area contributed by atoms with E-state index >= 15 is 0 Å².